The first-order valence-electron chi connectivity index (χ1n) is 17.7. The van der Waals surface area contributed by atoms with Crippen molar-refractivity contribution in [1.82, 2.24) is 35.2 Å². The number of nitrogens with one attached hydrogen (secondary N) is 3. The van der Waals surface area contributed by atoms with E-state index in [1.54, 1.807) is 29.7 Å². The average Bonchev–Trinajstić information content (AvgIpc) is 3.63. The summed E-state index contributed by atoms with van der Waals surface area (Å²) in [5, 5.41) is 24.9. The summed E-state index contributed by atoms with van der Waals surface area (Å²) in [5.41, 5.74) is 4.26. The summed E-state index contributed by atoms with van der Waals surface area (Å²) >= 11 is 7.90. The molecule has 3 N–H and O–H groups in total. The molecule has 1 aliphatic rings. The number of benzene rings is 2. The van der Waals surface area contributed by atoms with Crippen LogP contribution < -0.4 is 21.5 Å². The first-order valence-corrected chi connectivity index (χ1v) is 18.8. The molecule has 0 aliphatic carbocycles. The second kappa shape index (κ2) is 16.6. The standard InChI is InChI=1S/C38H42ClN9O4S/c1-22-23(2)53-38-33(22)34(25-13-15-26(39)16-14-25)44-30(35-46-45-24(3)47(35)38)20-32(50)42-18-7-5-6-17-41-29-11-8-10-27-28(29)21-43-48(37(27)52)31(12-9-19-49)36(51)40-4/h8,10-11,13-16,19,21,30-31,41H,5-7,9,12,17-18,20H2,1-4H3,(H,40,51)(H,42,50). The maximum atomic E-state index is 13.3. The third-order valence-electron chi connectivity index (χ3n) is 9.49. The minimum atomic E-state index is -0.877. The predicted molar refractivity (Wildman–Crippen MR) is 208 cm³/mol. The highest BCUT2D eigenvalue weighted by Crippen LogP contribution is 2.39. The lowest BCUT2D eigenvalue weighted by Gasteiger charge is -2.17. The number of unbranched alkanes of at least 4 members (excludes halogenated alkanes) is 2. The number of nitrogens with zero attached hydrogens (tertiary/aromatic N) is 6. The summed E-state index contributed by atoms with van der Waals surface area (Å²) in [5.74, 6) is 0.888. The van der Waals surface area contributed by atoms with E-state index in [1.807, 2.05) is 41.8 Å². The molecule has 2 unspecified atom stereocenters. The number of aromatic nitrogens is 5. The second-order valence-corrected chi connectivity index (χ2v) is 14.6. The molecule has 5 aromatic rings. The van der Waals surface area contributed by atoms with E-state index in [9.17, 15) is 19.2 Å². The van der Waals surface area contributed by atoms with Gasteiger partial charge in [-0.15, -0.1) is 21.5 Å². The highest BCUT2D eigenvalue weighted by molar-refractivity contribution is 7.15. The molecule has 6 rings (SSSR count). The normalized spacial score (nSPS) is 14.1. The number of aryl methyl sites for hydroxylation is 2. The Kier molecular flexibility index (Phi) is 11.8. The molecule has 0 saturated heterocycles. The number of carbonyl (C=O) groups excluding carboxylic acids is 3. The van der Waals surface area contributed by atoms with Crippen molar-refractivity contribution in [2.24, 2.45) is 4.99 Å². The maximum Gasteiger partial charge on any atom is 0.275 e. The van der Waals surface area contributed by atoms with Crippen LogP contribution in [0.25, 0.3) is 15.8 Å². The molecular weight excluding hydrogens is 714 g/mol. The number of fused-ring (bicyclic) bond motifs is 4. The lowest BCUT2D eigenvalue weighted by molar-refractivity contribution is -0.124. The number of aldehydes is 1. The smallest absolute Gasteiger partial charge is 0.275 e. The fourth-order valence-electron chi connectivity index (χ4n) is 6.58. The van der Waals surface area contributed by atoms with Gasteiger partial charge in [0.2, 0.25) is 11.8 Å². The minimum absolute atomic E-state index is 0.114. The molecule has 0 spiro atoms. The molecule has 53 heavy (non-hydrogen) atoms. The number of hydrogen-bond acceptors (Lipinski definition) is 10. The fraction of sp³-hybridized carbons (Fsp3) is 0.368. The van der Waals surface area contributed by atoms with Crippen LogP contribution in [0.5, 0.6) is 0 Å². The lowest BCUT2D eigenvalue weighted by Crippen LogP contribution is -2.37. The Morgan fingerprint density at radius 3 is 2.55 bits per heavy atom. The predicted octanol–water partition coefficient (Wildman–Crippen LogP) is 5.56. The molecule has 2 amide bonds. The molecule has 0 radical (unpaired) electrons. The number of likely N-dealkylation sites (N-methyl/N-ethyl adjacent to an activating group) is 1. The molecule has 0 fully saturated rings. The molecule has 3 aromatic heterocycles. The lowest BCUT2D eigenvalue weighted by atomic mass is 9.99. The van der Waals surface area contributed by atoms with Gasteiger partial charge in [-0.05, 0) is 76.3 Å². The van der Waals surface area contributed by atoms with Gasteiger partial charge in [-0.25, -0.2) is 4.68 Å². The second-order valence-electron chi connectivity index (χ2n) is 13.0. The van der Waals surface area contributed by atoms with Crippen LogP contribution in [-0.4, -0.2) is 68.5 Å². The Balaban J connectivity index is 1.06. The molecular formula is C38H42ClN9O4S. The molecule has 276 valence electrons. The zero-order valence-corrected chi connectivity index (χ0v) is 31.7. The van der Waals surface area contributed by atoms with Gasteiger partial charge < -0.3 is 20.7 Å². The summed E-state index contributed by atoms with van der Waals surface area (Å²) in [6.45, 7) is 7.28. The molecule has 2 atom stereocenters. The summed E-state index contributed by atoms with van der Waals surface area (Å²) in [7, 11) is 1.49. The third-order valence-corrected chi connectivity index (χ3v) is 10.9. The van der Waals surface area contributed by atoms with E-state index in [2.05, 4.69) is 45.1 Å². The minimum Gasteiger partial charge on any atom is -0.384 e. The Hall–Kier alpha value is -5.21. The number of rotatable bonds is 15. The van der Waals surface area contributed by atoms with Crippen LogP contribution in [0.15, 0.2) is 58.4 Å². The van der Waals surface area contributed by atoms with Gasteiger partial charge in [-0.3, -0.25) is 23.9 Å². The zero-order chi connectivity index (χ0) is 37.6. The molecule has 15 heteroatoms. The number of aliphatic imine (C=N–C) groups is 1. The molecule has 0 saturated carbocycles. The Morgan fingerprint density at radius 2 is 1.79 bits per heavy atom. The van der Waals surface area contributed by atoms with Gasteiger partial charge in [-0.1, -0.05) is 29.8 Å². The van der Waals surface area contributed by atoms with Crippen molar-refractivity contribution in [2.45, 2.75) is 71.4 Å². The maximum absolute atomic E-state index is 13.3. The van der Waals surface area contributed by atoms with Crippen molar-refractivity contribution in [3.8, 4) is 5.00 Å². The summed E-state index contributed by atoms with van der Waals surface area (Å²) in [4.78, 5) is 56.4. The van der Waals surface area contributed by atoms with Crippen LogP contribution in [0.2, 0.25) is 5.02 Å². The topological polar surface area (TPSA) is 165 Å². The van der Waals surface area contributed by atoms with Crippen molar-refractivity contribution in [3.05, 3.63) is 97.3 Å². The van der Waals surface area contributed by atoms with Gasteiger partial charge in [-0.2, -0.15) is 5.10 Å². The number of anilines is 1. The van der Waals surface area contributed by atoms with E-state index >= 15 is 0 Å². The van der Waals surface area contributed by atoms with E-state index in [0.29, 0.717) is 34.7 Å². The highest BCUT2D eigenvalue weighted by Gasteiger charge is 2.32. The molecule has 13 nitrogen and oxygen atoms in total. The number of halogens is 1. The van der Waals surface area contributed by atoms with Gasteiger partial charge in [0.15, 0.2) is 5.82 Å². The van der Waals surface area contributed by atoms with E-state index in [1.165, 1.54) is 11.9 Å². The van der Waals surface area contributed by atoms with Gasteiger partial charge in [0.1, 0.15) is 29.2 Å². The van der Waals surface area contributed by atoms with Crippen LogP contribution in [0.4, 0.5) is 5.69 Å². The van der Waals surface area contributed by atoms with E-state index in [4.69, 9.17) is 16.6 Å². The highest BCUT2D eigenvalue weighted by atomic mass is 35.5. The van der Waals surface area contributed by atoms with Crippen LogP contribution in [0, 0.1) is 20.8 Å². The number of amides is 2. The van der Waals surface area contributed by atoms with Gasteiger partial charge in [0.05, 0.1) is 23.7 Å². The molecule has 2 aromatic carbocycles. The monoisotopic (exact) mass is 755 g/mol. The summed E-state index contributed by atoms with van der Waals surface area (Å²) < 4.78 is 3.19. The number of thiophene rings is 1. The first kappa shape index (κ1) is 37.5. The summed E-state index contributed by atoms with van der Waals surface area (Å²) in [6.07, 6.45) is 5.22. The van der Waals surface area contributed by atoms with E-state index in [0.717, 1.165) is 69.1 Å². The van der Waals surface area contributed by atoms with Crippen LogP contribution >= 0.6 is 22.9 Å². The molecule has 0 bridgehead atoms. The average molecular weight is 756 g/mol. The zero-order valence-electron chi connectivity index (χ0n) is 30.1. The van der Waals surface area contributed by atoms with Crippen LogP contribution in [0.3, 0.4) is 0 Å². The quantitative estimate of drug-likeness (QED) is 0.0923. The van der Waals surface area contributed by atoms with Gasteiger partial charge >= 0.3 is 0 Å². The van der Waals surface area contributed by atoms with Crippen molar-refractivity contribution in [3.63, 3.8) is 0 Å². The van der Waals surface area contributed by atoms with E-state index in [-0.39, 0.29) is 31.1 Å². The number of carbonyl (C=O) groups is 3. The first-order chi connectivity index (χ1) is 25.6. The van der Waals surface area contributed by atoms with Crippen molar-refractivity contribution < 1.29 is 14.4 Å². The molecule has 1 aliphatic heterocycles. The van der Waals surface area contributed by atoms with Gasteiger partial charge in [0.25, 0.3) is 5.56 Å². The van der Waals surface area contributed by atoms with Crippen LogP contribution in [0.1, 0.15) is 83.8 Å². The Morgan fingerprint density at radius 1 is 1.02 bits per heavy atom. The Bertz CT molecular complexity index is 2240. The van der Waals surface area contributed by atoms with Crippen molar-refractivity contribution in [1.29, 1.82) is 0 Å². The van der Waals surface area contributed by atoms with Gasteiger partial charge in [0, 0.05) is 58.7 Å². The summed E-state index contributed by atoms with van der Waals surface area (Å²) in [6, 6.07) is 11.6. The SMILES string of the molecule is CNC(=O)C(CCC=O)n1ncc2c(NCCCCCNC(=O)CC3N=C(c4ccc(Cl)cc4)c4c(sc(C)c4C)-n4c(C)nnc43)cccc2c1=O. The van der Waals surface area contributed by atoms with Crippen molar-refractivity contribution in [2.75, 3.05) is 25.5 Å². The Labute approximate surface area is 315 Å². The van der Waals surface area contributed by atoms with E-state index < -0.39 is 17.6 Å². The molecule has 4 heterocycles. The largest absolute Gasteiger partial charge is 0.384 e. The van der Waals surface area contributed by atoms with Crippen molar-refractivity contribution >= 4 is 63.2 Å². The third kappa shape index (κ3) is 7.93. The number of hydrogen-bond donors (Lipinski definition) is 3. The fourth-order valence-corrected chi connectivity index (χ4v) is 7.92. The van der Waals surface area contributed by atoms with Crippen LogP contribution in [-0.2, 0) is 14.4 Å².